The Bertz CT molecular complexity index is 548. The van der Waals surface area contributed by atoms with Crippen LogP contribution in [0.2, 0.25) is 5.28 Å². The fourth-order valence-electron chi connectivity index (χ4n) is 1.38. The SMILES string of the molecule is Fc1ccc2nc(Cl)nc(NCC(F)F)c2c1. The van der Waals surface area contributed by atoms with Crippen molar-refractivity contribution in [1.29, 1.82) is 0 Å². The normalized spacial score (nSPS) is 11.1. The van der Waals surface area contributed by atoms with Crippen molar-refractivity contribution in [2.24, 2.45) is 0 Å². The Morgan fingerprint density at radius 3 is 2.76 bits per heavy atom. The lowest BCUT2D eigenvalue weighted by atomic mass is 10.2. The Morgan fingerprint density at radius 2 is 2.06 bits per heavy atom. The first-order valence-electron chi connectivity index (χ1n) is 4.71. The van der Waals surface area contributed by atoms with Gasteiger partial charge in [-0.25, -0.2) is 23.1 Å². The van der Waals surface area contributed by atoms with Crippen molar-refractivity contribution in [3.63, 3.8) is 0 Å². The van der Waals surface area contributed by atoms with Gasteiger partial charge in [-0.1, -0.05) is 0 Å². The van der Waals surface area contributed by atoms with Crippen LogP contribution in [0.4, 0.5) is 19.0 Å². The molecule has 0 amide bonds. The van der Waals surface area contributed by atoms with E-state index in [9.17, 15) is 13.2 Å². The maximum atomic E-state index is 13.1. The predicted molar refractivity (Wildman–Crippen MR) is 59.0 cm³/mol. The van der Waals surface area contributed by atoms with Crippen LogP contribution in [-0.2, 0) is 0 Å². The van der Waals surface area contributed by atoms with Crippen LogP contribution in [0.5, 0.6) is 0 Å². The molecular weight excluding hydrogens is 255 g/mol. The highest BCUT2D eigenvalue weighted by molar-refractivity contribution is 6.28. The summed E-state index contributed by atoms with van der Waals surface area (Å²) in [7, 11) is 0. The smallest absolute Gasteiger partial charge is 0.255 e. The van der Waals surface area contributed by atoms with E-state index in [0.717, 1.165) is 0 Å². The van der Waals surface area contributed by atoms with Gasteiger partial charge in [0.25, 0.3) is 6.43 Å². The Morgan fingerprint density at radius 1 is 1.29 bits per heavy atom. The summed E-state index contributed by atoms with van der Waals surface area (Å²) in [4.78, 5) is 7.62. The van der Waals surface area contributed by atoms with Gasteiger partial charge in [0.1, 0.15) is 11.6 Å². The molecule has 1 aromatic carbocycles. The quantitative estimate of drug-likeness (QED) is 0.863. The summed E-state index contributed by atoms with van der Waals surface area (Å²) in [5.41, 5.74) is 0.392. The van der Waals surface area contributed by atoms with Gasteiger partial charge in [-0.15, -0.1) is 0 Å². The Labute approximate surface area is 99.6 Å². The topological polar surface area (TPSA) is 37.8 Å². The van der Waals surface area contributed by atoms with Crippen molar-refractivity contribution in [3.8, 4) is 0 Å². The number of nitrogens with one attached hydrogen (secondary N) is 1. The maximum absolute atomic E-state index is 13.1. The molecule has 3 nitrogen and oxygen atoms in total. The molecule has 90 valence electrons. The summed E-state index contributed by atoms with van der Waals surface area (Å²) in [5, 5.41) is 2.64. The van der Waals surface area contributed by atoms with E-state index in [0.29, 0.717) is 10.9 Å². The van der Waals surface area contributed by atoms with E-state index in [1.807, 2.05) is 0 Å². The summed E-state index contributed by atoms with van der Waals surface area (Å²) in [6.45, 7) is -0.584. The van der Waals surface area contributed by atoms with Crippen LogP contribution in [0.15, 0.2) is 18.2 Å². The van der Waals surface area contributed by atoms with Crippen LogP contribution in [0.3, 0.4) is 0 Å². The van der Waals surface area contributed by atoms with Gasteiger partial charge >= 0.3 is 0 Å². The Hall–Kier alpha value is -1.56. The molecule has 0 bridgehead atoms. The zero-order valence-electron chi connectivity index (χ0n) is 8.42. The third-order valence-electron chi connectivity index (χ3n) is 2.05. The average molecular weight is 262 g/mol. The minimum Gasteiger partial charge on any atom is -0.364 e. The van der Waals surface area contributed by atoms with Gasteiger partial charge in [-0.05, 0) is 29.8 Å². The lowest BCUT2D eigenvalue weighted by Crippen LogP contribution is -2.12. The number of fused-ring (bicyclic) bond motifs is 1. The third-order valence-corrected chi connectivity index (χ3v) is 2.22. The second kappa shape index (κ2) is 4.75. The van der Waals surface area contributed by atoms with Crippen molar-refractivity contribution in [1.82, 2.24) is 9.97 Å². The van der Waals surface area contributed by atoms with E-state index in [4.69, 9.17) is 11.6 Å². The number of alkyl halides is 2. The average Bonchev–Trinajstić information content (AvgIpc) is 2.26. The molecule has 2 aromatic rings. The van der Waals surface area contributed by atoms with E-state index in [1.54, 1.807) is 0 Å². The summed E-state index contributed by atoms with van der Waals surface area (Å²) in [6, 6.07) is 3.79. The minimum absolute atomic E-state index is 0.0825. The number of rotatable bonds is 3. The van der Waals surface area contributed by atoms with Gasteiger partial charge in [0.15, 0.2) is 0 Å². The molecule has 2 rings (SSSR count). The van der Waals surface area contributed by atoms with Crippen LogP contribution in [0.25, 0.3) is 10.9 Å². The molecule has 7 heteroatoms. The van der Waals surface area contributed by atoms with Crippen molar-refractivity contribution in [3.05, 3.63) is 29.3 Å². The summed E-state index contributed by atoms with van der Waals surface area (Å²) >= 11 is 5.64. The molecule has 1 aromatic heterocycles. The maximum Gasteiger partial charge on any atom is 0.255 e. The van der Waals surface area contributed by atoms with Gasteiger partial charge < -0.3 is 5.32 Å². The van der Waals surface area contributed by atoms with E-state index < -0.39 is 18.8 Å². The molecule has 0 spiro atoms. The molecule has 0 unspecified atom stereocenters. The first kappa shape index (κ1) is 11.9. The van der Waals surface area contributed by atoms with Crippen LogP contribution in [0, 0.1) is 5.82 Å². The molecule has 0 aliphatic rings. The molecule has 0 radical (unpaired) electrons. The van der Waals surface area contributed by atoms with Gasteiger partial charge in [-0.3, -0.25) is 0 Å². The molecule has 0 fully saturated rings. The number of hydrogen-bond acceptors (Lipinski definition) is 3. The number of nitrogens with zero attached hydrogens (tertiary/aromatic N) is 2. The van der Waals surface area contributed by atoms with Crippen molar-refractivity contribution in [2.75, 3.05) is 11.9 Å². The number of benzene rings is 1. The molecular formula is C10H7ClF3N3. The molecule has 0 aliphatic carbocycles. The van der Waals surface area contributed by atoms with E-state index in [-0.39, 0.29) is 11.1 Å². The van der Waals surface area contributed by atoms with Gasteiger partial charge in [0, 0.05) is 5.39 Å². The second-order valence-corrected chi connectivity index (χ2v) is 3.61. The summed E-state index contributed by atoms with van der Waals surface area (Å²) < 4.78 is 37.2. The van der Waals surface area contributed by atoms with Crippen LogP contribution in [-0.4, -0.2) is 22.9 Å². The highest BCUT2D eigenvalue weighted by Crippen LogP contribution is 2.23. The second-order valence-electron chi connectivity index (χ2n) is 3.27. The van der Waals surface area contributed by atoms with Crippen molar-refractivity contribution in [2.45, 2.75) is 6.43 Å². The van der Waals surface area contributed by atoms with E-state index in [2.05, 4.69) is 15.3 Å². The van der Waals surface area contributed by atoms with Crippen LogP contribution < -0.4 is 5.32 Å². The standard InChI is InChI=1S/C10H7ClF3N3/c11-10-16-7-2-1-5(12)3-6(7)9(17-10)15-4-8(13)14/h1-3,8H,4H2,(H,15,16,17). The first-order chi connectivity index (χ1) is 8.06. The fraction of sp³-hybridized carbons (Fsp3) is 0.200. The molecule has 1 N–H and O–H groups in total. The molecule has 17 heavy (non-hydrogen) atoms. The molecule has 0 saturated carbocycles. The van der Waals surface area contributed by atoms with Gasteiger partial charge in [0.05, 0.1) is 12.1 Å². The lowest BCUT2D eigenvalue weighted by molar-refractivity contribution is 0.163. The fourth-order valence-corrected chi connectivity index (χ4v) is 1.56. The first-order valence-corrected chi connectivity index (χ1v) is 5.09. The number of anilines is 1. The van der Waals surface area contributed by atoms with E-state index >= 15 is 0 Å². The van der Waals surface area contributed by atoms with Crippen molar-refractivity contribution < 1.29 is 13.2 Å². The van der Waals surface area contributed by atoms with Crippen LogP contribution >= 0.6 is 11.6 Å². The monoisotopic (exact) mass is 261 g/mol. The molecule has 1 heterocycles. The summed E-state index contributed by atoms with van der Waals surface area (Å²) in [6.07, 6.45) is -2.53. The Balaban J connectivity index is 2.48. The number of hydrogen-bond donors (Lipinski definition) is 1. The van der Waals surface area contributed by atoms with Crippen LogP contribution in [0.1, 0.15) is 0 Å². The molecule has 0 aliphatic heterocycles. The summed E-state index contributed by atoms with van der Waals surface area (Å²) in [5.74, 6) is -0.400. The highest BCUT2D eigenvalue weighted by atomic mass is 35.5. The third kappa shape index (κ3) is 2.76. The van der Waals surface area contributed by atoms with E-state index in [1.165, 1.54) is 18.2 Å². The minimum atomic E-state index is -2.53. The Kier molecular flexibility index (Phi) is 3.33. The highest BCUT2D eigenvalue weighted by Gasteiger charge is 2.09. The zero-order chi connectivity index (χ0) is 12.4. The van der Waals surface area contributed by atoms with Gasteiger partial charge in [-0.2, -0.15) is 0 Å². The zero-order valence-corrected chi connectivity index (χ0v) is 9.18. The largest absolute Gasteiger partial charge is 0.364 e. The van der Waals surface area contributed by atoms with Crippen molar-refractivity contribution >= 4 is 28.3 Å². The number of halogens is 4. The number of aromatic nitrogens is 2. The van der Waals surface area contributed by atoms with Gasteiger partial charge in [0.2, 0.25) is 5.28 Å². The lowest BCUT2D eigenvalue weighted by Gasteiger charge is -2.08. The molecule has 0 atom stereocenters. The predicted octanol–water partition coefficient (Wildman–Crippen LogP) is 3.10. The molecule has 0 saturated heterocycles.